The largest absolute Gasteiger partial charge is 0.264 e. The third kappa shape index (κ3) is 2.84. The Morgan fingerprint density at radius 2 is 1.50 bits per heavy atom. The molecule has 1 aliphatic carbocycles. The number of nitrogens with zero attached hydrogens (tertiary/aromatic N) is 2. The van der Waals surface area contributed by atoms with Crippen molar-refractivity contribution in [1.29, 1.82) is 0 Å². The van der Waals surface area contributed by atoms with E-state index in [1.807, 2.05) is 0 Å². The lowest BCUT2D eigenvalue weighted by atomic mass is 9.93. The molecule has 110 valence electrons. The van der Waals surface area contributed by atoms with Gasteiger partial charge in [-0.1, -0.05) is 66.8 Å². The molecule has 3 heteroatoms. The number of fused-ring (bicyclic) bond motifs is 2. The van der Waals surface area contributed by atoms with Crippen LogP contribution in [0.4, 0.5) is 0 Å². The predicted octanol–water partition coefficient (Wildman–Crippen LogP) is 4.61. The molecule has 1 aliphatic rings. The van der Waals surface area contributed by atoms with Gasteiger partial charge in [0.05, 0.1) is 5.29 Å². The summed E-state index contributed by atoms with van der Waals surface area (Å²) in [4.78, 5) is 10.5. The summed E-state index contributed by atoms with van der Waals surface area (Å²) in [5.41, 5.74) is 6.10. The number of nitroso groups, excluding NO2 is 1. The van der Waals surface area contributed by atoms with E-state index in [0.717, 1.165) is 6.42 Å². The zero-order valence-corrected chi connectivity index (χ0v) is 12.6. The second-order valence-electron chi connectivity index (χ2n) is 5.38. The van der Waals surface area contributed by atoms with E-state index < -0.39 is 0 Å². The summed E-state index contributed by atoms with van der Waals surface area (Å²) in [7, 11) is 1.70. The highest BCUT2D eigenvalue weighted by atomic mass is 16.3. The maximum atomic E-state index is 10.5. The van der Waals surface area contributed by atoms with Crippen LogP contribution in [0.25, 0.3) is 17.7 Å². The molecule has 3 rings (SSSR count). The van der Waals surface area contributed by atoms with Crippen LogP contribution in [-0.4, -0.2) is 18.6 Å². The molecule has 0 heterocycles. The van der Waals surface area contributed by atoms with Gasteiger partial charge in [-0.3, -0.25) is 5.01 Å². The first-order valence-corrected chi connectivity index (χ1v) is 7.41. The second-order valence-corrected chi connectivity index (χ2v) is 5.38. The summed E-state index contributed by atoms with van der Waals surface area (Å²) in [6, 6.07) is 16.8. The van der Waals surface area contributed by atoms with Gasteiger partial charge in [0.25, 0.3) is 0 Å². The molecule has 0 N–H and O–H groups in total. The zero-order valence-electron chi connectivity index (χ0n) is 12.6. The molecule has 0 spiro atoms. The van der Waals surface area contributed by atoms with Crippen molar-refractivity contribution in [1.82, 2.24) is 5.01 Å². The summed E-state index contributed by atoms with van der Waals surface area (Å²) >= 11 is 0. The van der Waals surface area contributed by atoms with Crippen LogP contribution in [0.5, 0.6) is 0 Å². The SMILES string of the molecule is CN(CCC=C1c2ccccc2C=Cc2ccccc21)N=O. The molecular formula is C19H18N2O. The molecule has 0 aliphatic heterocycles. The van der Waals surface area contributed by atoms with Crippen molar-refractivity contribution in [2.24, 2.45) is 5.29 Å². The maximum absolute atomic E-state index is 10.5. The molecule has 0 saturated heterocycles. The fourth-order valence-electron chi connectivity index (χ4n) is 2.76. The van der Waals surface area contributed by atoms with E-state index in [1.165, 1.54) is 32.8 Å². The Labute approximate surface area is 130 Å². The Morgan fingerprint density at radius 3 is 2.05 bits per heavy atom. The monoisotopic (exact) mass is 290 g/mol. The normalized spacial score (nSPS) is 12.1. The Morgan fingerprint density at radius 1 is 0.955 bits per heavy atom. The van der Waals surface area contributed by atoms with Crippen LogP contribution in [0, 0.1) is 4.91 Å². The Balaban J connectivity index is 2.05. The van der Waals surface area contributed by atoms with Gasteiger partial charge in [0.1, 0.15) is 0 Å². The highest BCUT2D eigenvalue weighted by Crippen LogP contribution is 2.33. The number of hydrogen-bond donors (Lipinski definition) is 0. The molecule has 0 fully saturated rings. The molecule has 0 bridgehead atoms. The molecule has 0 atom stereocenters. The highest BCUT2D eigenvalue weighted by Gasteiger charge is 2.13. The first-order valence-electron chi connectivity index (χ1n) is 7.41. The average Bonchev–Trinajstić information content (AvgIpc) is 2.72. The fraction of sp³-hybridized carbons (Fsp3) is 0.158. The summed E-state index contributed by atoms with van der Waals surface area (Å²) in [5, 5.41) is 4.34. The lowest BCUT2D eigenvalue weighted by Crippen LogP contribution is -2.10. The smallest absolute Gasteiger partial charge is 0.0521 e. The molecule has 3 nitrogen and oxygen atoms in total. The minimum Gasteiger partial charge on any atom is -0.264 e. The molecular weight excluding hydrogens is 272 g/mol. The number of hydrogen-bond acceptors (Lipinski definition) is 2. The van der Waals surface area contributed by atoms with E-state index in [2.05, 4.69) is 72.0 Å². The third-order valence-corrected chi connectivity index (χ3v) is 3.88. The summed E-state index contributed by atoms with van der Waals surface area (Å²) in [5.74, 6) is 0. The van der Waals surface area contributed by atoms with Gasteiger partial charge in [-0.2, -0.15) is 0 Å². The van der Waals surface area contributed by atoms with Crippen LogP contribution in [0.2, 0.25) is 0 Å². The van der Waals surface area contributed by atoms with Crippen molar-refractivity contribution < 1.29 is 0 Å². The van der Waals surface area contributed by atoms with Crippen LogP contribution in [0.15, 0.2) is 59.9 Å². The Hall–Kier alpha value is -2.68. The lowest BCUT2D eigenvalue weighted by Gasteiger charge is -2.13. The minimum atomic E-state index is 0.616. The van der Waals surface area contributed by atoms with Crippen LogP contribution < -0.4 is 0 Å². The van der Waals surface area contributed by atoms with Gasteiger partial charge in [0, 0.05) is 13.6 Å². The van der Waals surface area contributed by atoms with Crippen molar-refractivity contribution in [3.63, 3.8) is 0 Å². The second kappa shape index (κ2) is 6.39. The van der Waals surface area contributed by atoms with Crippen molar-refractivity contribution >= 4 is 17.7 Å². The van der Waals surface area contributed by atoms with Crippen molar-refractivity contribution in [2.75, 3.05) is 13.6 Å². The quantitative estimate of drug-likeness (QED) is 0.519. The van der Waals surface area contributed by atoms with Crippen molar-refractivity contribution in [3.8, 4) is 0 Å². The van der Waals surface area contributed by atoms with Crippen molar-refractivity contribution in [3.05, 3.63) is 81.8 Å². The molecule has 0 radical (unpaired) electrons. The number of rotatable bonds is 4. The van der Waals surface area contributed by atoms with E-state index in [-0.39, 0.29) is 0 Å². The summed E-state index contributed by atoms with van der Waals surface area (Å²) in [6.45, 7) is 0.616. The summed E-state index contributed by atoms with van der Waals surface area (Å²) in [6.07, 6.45) is 7.30. The first kappa shape index (κ1) is 14.3. The average molecular weight is 290 g/mol. The van der Waals surface area contributed by atoms with E-state index in [1.54, 1.807) is 7.05 Å². The van der Waals surface area contributed by atoms with Gasteiger partial charge in [0.15, 0.2) is 0 Å². The van der Waals surface area contributed by atoms with Crippen LogP contribution >= 0.6 is 0 Å². The van der Waals surface area contributed by atoms with Crippen LogP contribution in [-0.2, 0) is 0 Å². The third-order valence-electron chi connectivity index (χ3n) is 3.88. The standard InChI is InChI=1S/C19H18N2O/c1-21(20-22)14-6-11-19-17-9-4-2-7-15(17)12-13-16-8-3-5-10-18(16)19/h2-5,7-13H,6,14H2,1H3. The van der Waals surface area contributed by atoms with E-state index >= 15 is 0 Å². The number of benzene rings is 2. The maximum Gasteiger partial charge on any atom is 0.0521 e. The van der Waals surface area contributed by atoms with Gasteiger partial charge in [-0.05, 0) is 34.2 Å². The van der Waals surface area contributed by atoms with Gasteiger partial charge >= 0.3 is 0 Å². The minimum absolute atomic E-state index is 0.616. The molecule has 0 saturated carbocycles. The molecule has 2 aromatic rings. The van der Waals surface area contributed by atoms with Crippen molar-refractivity contribution in [2.45, 2.75) is 6.42 Å². The van der Waals surface area contributed by atoms with Gasteiger partial charge in [0.2, 0.25) is 0 Å². The molecule has 0 unspecified atom stereocenters. The van der Waals surface area contributed by atoms with Gasteiger partial charge in [-0.25, -0.2) is 0 Å². The predicted molar refractivity (Wildman–Crippen MR) is 91.9 cm³/mol. The summed E-state index contributed by atoms with van der Waals surface area (Å²) < 4.78 is 0. The highest BCUT2D eigenvalue weighted by molar-refractivity contribution is 5.93. The molecule has 0 amide bonds. The molecule has 2 aromatic carbocycles. The zero-order chi connectivity index (χ0) is 15.4. The van der Waals surface area contributed by atoms with Crippen LogP contribution in [0.1, 0.15) is 28.7 Å². The van der Waals surface area contributed by atoms with E-state index in [4.69, 9.17) is 0 Å². The topological polar surface area (TPSA) is 32.7 Å². The fourth-order valence-corrected chi connectivity index (χ4v) is 2.76. The molecule has 22 heavy (non-hydrogen) atoms. The Bertz CT molecular complexity index is 695. The lowest BCUT2D eigenvalue weighted by molar-refractivity contribution is 0.357. The Kier molecular flexibility index (Phi) is 4.15. The first-order chi connectivity index (χ1) is 10.8. The van der Waals surface area contributed by atoms with Crippen LogP contribution in [0.3, 0.4) is 0 Å². The van der Waals surface area contributed by atoms with E-state index in [9.17, 15) is 4.91 Å². The van der Waals surface area contributed by atoms with Gasteiger partial charge in [-0.15, -0.1) is 4.91 Å². The van der Waals surface area contributed by atoms with Gasteiger partial charge < -0.3 is 0 Å². The van der Waals surface area contributed by atoms with E-state index in [0.29, 0.717) is 6.54 Å². The molecule has 0 aromatic heterocycles.